The number of aliphatic hydroxyl groups excluding tert-OH is 2. The molecule has 0 aliphatic carbocycles. The predicted octanol–water partition coefficient (Wildman–Crippen LogP) is 2.30. The summed E-state index contributed by atoms with van der Waals surface area (Å²) in [6.45, 7) is -0.933. The van der Waals surface area contributed by atoms with Crippen molar-refractivity contribution in [1.82, 2.24) is 0 Å². The molecule has 0 radical (unpaired) electrons. The smallest absolute Gasteiger partial charge is 0.412 e. The van der Waals surface area contributed by atoms with E-state index in [4.69, 9.17) is 24.1 Å². The highest BCUT2D eigenvalue weighted by Gasteiger charge is 2.52. The van der Waals surface area contributed by atoms with Crippen molar-refractivity contribution < 1.29 is 38.7 Å². The Morgan fingerprint density at radius 2 is 1.06 bits per heavy atom. The van der Waals surface area contributed by atoms with Crippen molar-refractivity contribution in [2.24, 2.45) is 0 Å². The summed E-state index contributed by atoms with van der Waals surface area (Å²) in [7, 11) is 0. The molecule has 0 aliphatic heterocycles. The third-order valence-corrected chi connectivity index (χ3v) is 3.87. The van der Waals surface area contributed by atoms with Crippen molar-refractivity contribution in [3.63, 3.8) is 0 Å². The summed E-state index contributed by atoms with van der Waals surface area (Å²) >= 11 is 0. The van der Waals surface area contributed by atoms with Gasteiger partial charge in [0.2, 0.25) is 0 Å². The second kappa shape index (κ2) is 10.2. The molecule has 0 fully saturated rings. The Hall–Kier alpha value is -3.88. The van der Waals surface area contributed by atoms with Gasteiger partial charge in [0, 0.05) is 0 Å². The molecule has 0 amide bonds. The molecule has 3 aromatic carbocycles. The summed E-state index contributed by atoms with van der Waals surface area (Å²) in [5.74, 6) is -4.82. The van der Waals surface area contributed by atoms with Crippen molar-refractivity contribution in [3.05, 3.63) is 91.0 Å². The van der Waals surface area contributed by atoms with Crippen LogP contribution in [0.15, 0.2) is 91.0 Å². The summed E-state index contributed by atoms with van der Waals surface area (Å²) in [5, 5.41) is 18.5. The lowest BCUT2D eigenvalue weighted by atomic mass is 10.3. The van der Waals surface area contributed by atoms with Gasteiger partial charge in [0.15, 0.2) is 6.10 Å². The second-order valence-electron chi connectivity index (χ2n) is 6.21. The fourth-order valence-electron chi connectivity index (χ4n) is 2.41. The molecule has 1 atom stereocenters. The van der Waals surface area contributed by atoms with Gasteiger partial charge in [0.05, 0.1) is 6.61 Å². The van der Waals surface area contributed by atoms with Crippen LogP contribution in [-0.2, 0) is 14.3 Å². The molecule has 0 saturated carbocycles. The maximum Gasteiger partial charge on any atom is 0.524 e. The average Bonchev–Trinajstić information content (AvgIpc) is 2.80. The van der Waals surface area contributed by atoms with E-state index in [1.54, 1.807) is 91.0 Å². The first-order valence-electron chi connectivity index (χ1n) is 9.29. The summed E-state index contributed by atoms with van der Waals surface area (Å²) < 4.78 is 22.0. The summed E-state index contributed by atoms with van der Waals surface area (Å²) in [4.78, 5) is 25.1. The Bertz CT molecular complexity index is 875. The molecule has 8 nitrogen and oxygen atoms in total. The number of aliphatic hydroxyl groups is 2. The van der Waals surface area contributed by atoms with Crippen LogP contribution in [0.2, 0.25) is 0 Å². The topological polar surface area (TPSA) is 112 Å². The Morgan fingerprint density at radius 3 is 1.39 bits per heavy atom. The van der Waals surface area contributed by atoms with Crippen molar-refractivity contribution in [2.45, 2.75) is 12.1 Å². The van der Waals surface area contributed by atoms with Crippen molar-refractivity contribution in [1.29, 1.82) is 0 Å². The number of carbonyl (C=O) groups excluding carboxylic acids is 2. The number of carbonyl (C=O) groups is 2. The molecule has 31 heavy (non-hydrogen) atoms. The van der Waals surface area contributed by atoms with E-state index in [1.807, 2.05) is 0 Å². The fraction of sp³-hybridized carbons (Fsp3) is 0.130. The highest BCUT2D eigenvalue weighted by Crippen LogP contribution is 2.28. The van der Waals surface area contributed by atoms with Crippen LogP contribution in [0.3, 0.4) is 0 Å². The van der Waals surface area contributed by atoms with Gasteiger partial charge in [-0.15, -0.1) is 0 Å². The lowest BCUT2D eigenvalue weighted by Crippen LogP contribution is -2.57. The molecule has 3 aromatic rings. The van der Waals surface area contributed by atoms with Crippen LogP contribution in [-0.4, -0.2) is 40.8 Å². The zero-order chi connectivity index (χ0) is 22.1. The number of hydrogen-bond donors (Lipinski definition) is 2. The molecule has 0 heterocycles. The molecular formula is C23H20O8. The third kappa shape index (κ3) is 5.81. The van der Waals surface area contributed by atoms with E-state index in [-0.39, 0.29) is 17.2 Å². The number of hydrogen-bond acceptors (Lipinski definition) is 8. The van der Waals surface area contributed by atoms with Crippen LogP contribution in [0.1, 0.15) is 0 Å². The van der Waals surface area contributed by atoms with Crippen LogP contribution in [0.5, 0.6) is 17.2 Å². The Balaban J connectivity index is 2.03. The van der Waals surface area contributed by atoms with Gasteiger partial charge in [-0.05, 0) is 36.4 Å². The van der Waals surface area contributed by atoms with Crippen LogP contribution < -0.4 is 14.2 Å². The van der Waals surface area contributed by atoms with Crippen LogP contribution >= 0.6 is 0 Å². The second-order valence-corrected chi connectivity index (χ2v) is 6.21. The van der Waals surface area contributed by atoms with Crippen LogP contribution in [0.4, 0.5) is 0 Å². The number of benzene rings is 3. The van der Waals surface area contributed by atoms with Gasteiger partial charge in [-0.25, -0.2) is 9.59 Å². The van der Waals surface area contributed by atoms with E-state index in [0.717, 1.165) is 0 Å². The molecule has 0 saturated heterocycles. The standard InChI is InChI=1S/C23H20O8/c24-16-20(25)21(26)28-22(27)23(29-17-10-4-1-5-11-17,30-18-12-6-2-7-13-18)31-19-14-8-3-9-15-19/h1-15,20,24-25H,16H2. The Kier molecular flexibility index (Phi) is 7.21. The van der Waals surface area contributed by atoms with Crippen molar-refractivity contribution in [3.8, 4) is 17.2 Å². The SMILES string of the molecule is O=C(OC(=O)C(Oc1ccccc1)(Oc1ccccc1)Oc1ccccc1)C(O)CO. The number of rotatable bonds is 9. The normalized spacial score (nSPS) is 11.8. The van der Waals surface area contributed by atoms with E-state index in [1.165, 1.54) is 0 Å². The highest BCUT2D eigenvalue weighted by atomic mass is 16.9. The average molecular weight is 424 g/mol. The molecule has 8 heteroatoms. The number of para-hydroxylation sites is 3. The quantitative estimate of drug-likeness (QED) is 0.306. The van der Waals surface area contributed by atoms with Crippen LogP contribution in [0.25, 0.3) is 0 Å². The summed E-state index contributed by atoms with van der Waals surface area (Å²) in [5.41, 5.74) is 0. The molecule has 0 spiro atoms. The van der Waals surface area contributed by atoms with Gasteiger partial charge in [0.1, 0.15) is 17.2 Å². The molecule has 2 N–H and O–H groups in total. The maximum absolute atomic E-state index is 13.1. The summed E-state index contributed by atoms with van der Waals surface area (Å²) in [6, 6.07) is 24.5. The predicted molar refractivity (Wildman–Crippen MR) is 108 cm³/mol. The Labute approximate surface area is 178 Å². The van der Waals surface area contributed by atoms with Gasteiger partial charge in [-0.1, -0.05) is 54.6 Å². The molecule has 0 aromatic heterocycles. The highest BCUT2D eigenvalue weighted by molar-refractivity contribution is 5.91. The summed E-state index contributed by atoms with van der Waals surface area (Å²) in [6.07, 6.45) is -1.92. The van der Waals surface area contributed by atoms with E-state index in [2.05, 4.69) is 0 Å². The van der Waals surface area contributed by atoms with Crippen molar-refractivity contribution >= 4 is 11.9 Å². The third-order valence-electron chi connectivity index (χ3n) is 3.87. The number of esters is 2. The van der Waals surface area contributed by atoms with Crippen molar-refractivity contribution in [2.75, 3.05) is 6.61 Å². The molecule has 0 bridgehead atoms. The molecule has 3 rings (SSSR count). The molecule has 0 aliphatic rings. The minimum Gasteiger partial charge on any atom is -0.412 e. The zero-order valence-corrected chi connectivity index (χ0v) is 16.3. The molecule has 160 valence electrons. The van der Waals surface area contributed by atoms with E-state index in [9.17, 15) is 14.7 Å². The first kappa shape index (κ1) is 21.8. The first-order chi connectivity index (χ1) is 15.0. The lowest BCUT2D eigenvalue weighted by Gasteiger charge is -2.31. The Morgan fingerprint density at radius 1 is 0.710 bits per heavy atom. The maximum atomic E-state index is 13.1. The minimum atomic E-state index is -2.59. The van der Waals surface area contributed by atoms with E-state index < -0.39 is 30.6 Å². The first-order valence-corrected chi connectivity index (χ1v) is 9.29. The van der Waals surface area contributed by atoms with Crippen LogP contribution in [0, 0.1) is 0 Å². The molecular weight excluding hydrogens is 404 g/mol. The minimum absolute atomic E-state index is 0.182. The fourth-order valence-corrected chi connectivity index (χ4v) is 2.41. The zero-order valence-electron chi connectivity index (χ0n) is 16.3. The van der Waals surface area contributed by atoms with Gasteiger partial charge in [-0.2, -0.15) is 0 Å². The molecule has 1 unspecified atom stereocenters. The van der Waals surface area contributed by atoms with Gasteiger partial charge in [-0.3, -0.25) is 0 Å². The number of ether oxygens (including phenoxy) is 4. The van der Waals surface area contributed by atoms with E-state index >= 15 is 0 Å². The monoisotopic (exact) mass is 424 g/mol. The van der Waals surface area contributed by atoms with Gasteiger partial charge >= 0.3 is 17.9 Å². The largest absolute Gasteiger partial charge is 0.524 e. The van der Waals surface area contributed by atoms with Gasteiger partial charge in [0.25, 0.3) is 0 Å². The van der Waals surface area contributed by atoms with E-state index in [0.29, 0.717) is 0 Å². The lowest BCUT2D eigenvalue weighted by molar-refractivity contribution is -0.259. The van der Waals surface area contributed by atoms with Gasteiger partial charge < -0.3 is 29.2 Å².